The SMILES string of the molecule is CNC(=O)[C@H](C)N(Cc1ccc(Br)cc1)C(=O)CN(c1ccccc1OC)S(=O)(=O)c1ccc(C)cc1. The van der Waals surface area contributed by atoms with Crippen molar-refractivity contribution in [1.29, 1.82) is 0 Å². The molecule has 0 saturated carbocycles. The van der Waals surface area contributed by atoms with Gasteiger partial charge in [0, 0.05) is 18.1 Å². The van der Waals surface area contributed by atoms with Crippen LogP contribution >= 0.6 is 15.9 Å². The molecule has 0 saturated heterocycles. The normalized spacial score (nSPS) is 11.9. The molecule has 3 aromatic carbocycles. The molecule has 0 unspecified atom stereocenters. The largest absolute Gasteiger partial charge is 0.495 e. The van der Waals surface area contributed by atoms with Crippen molar-refractivity contribution in [1.82, 2.24) is 10.2 Å². The second kappa shape index (κ2) is 12.2. The van der Waals surface area contributed by atoms with Gasteiger partial charge < -0.3 is 15.0 Å². The molecule has 0 aliphatic carbocycles. The van der Waals surface area contributed by atoms with Crippen LogP contribution in [0.1, 0.15) is 18.1 Å². The Bertz CT molecular complexity index is 1350. The van der Waals surface area contributed by atoms with Crippen molar-refractivity contribution in [2.45, 2.75) is 31.3 Å². The number of nitrogens with one attached hydrogen (secondary N) is 1. The predicted octanol–water partition coefficient (Wildman–Crippen LogP) is 4.12. The summed E-state index contributed by atoms with van der Waals surface area (Å²) < 4.78 is 35.0. The molecule has 0 heterocycles. The zero-order valence-corrected chi connectivity index (χ0v) is 23.5. The Balaban J connectivity index is 2.06. The third-order valence-electron chi connectivity index (χ3n) is 5.92. The van der Waals surface area contributed by atoms with Crippen LogP contribution in [0.5, 0.6) is 5.75 Å². The minimum absolute atomic E-state index is 0.0376. The van der Waals surface area contributed by atoms with Crippen molar-refractivity contribution in [3.05, 3.63) is 88.4 Å². The van der Waals surface area contributed by atoms with Gasteiger partial charge in [0.1, 0.15) is 18.3 Å². The summed E-state index contributed by atoms with van der Waals surface area (Å²) in [5, 5.41) is 2.57. The van der Waals surface area contributed by atoms with E-state index in [1.165, 1.54) is 31.2 Å². The molecular formula is C27H30BrN3O5S. The van der Waals surface area contributed by atoms with E-state index < -0.39 is 28.5 Å². The number of carbonyl (C=O) groups excluding carboxylic acids is 2. The number of methoxy groups -OCH3 is 1. The number of sulfonamides is 1. The highest BCUT2D eigenvalue weighted by atomic mass is 79.9. The second-order valence-corrected chi connectivity index (χ2v) is 11.2. The number of rotatable bonds is 10. The van der Waals surface area contributed by atoms with Gasteiger partial charge in [0.05, 0.1) is 17.7 Å². The van der Waals surface area contributed by atoms with Gasteiger partial charge in [-0.3, -0.25) is 13.9 Å². The van der Waals surface area contributed by atoms with Crippen LogP contribution in [0.2, 0.25) is 0 Å². The number of aryl methyl sites for hydroxylation is 1. The van der Waals surface area contributed by atoms with Gasteiger partial charge in [0.2, 0.25) is 11.8 Å². The van der Waals surface area contributed by atoms with Gasteiger partial charge in [-0.05, 0) is 55.8 Å². The third kappa shape index (κ3) is 6.69. The molecule has 0 aromatic heterocycles. The van der Waals surface area contributed by atoms with E-state index in [1.807, 2.05) is 31.2 Å². The van der Waals surface area contributed by atoms with Crippen LogP contribution in [-0.4, -0.2) is 51.9 Å². The van der Waals surface area contributed by atoms with E-state index in [1.54, 1.807) is 43.3 Å². The molecular weight excluding hydrogens is 558 g/mol. The van der Waals surface area contributed by atoms with E-state index in [0.717, 1.165) is 19.9 Å². The maximum Gasteiger partial charge on any atom is 0.264 e. The molecule has 196 valence electrons. The van der Waals surface area contributed by atoms with Crippen molar-refractivity contribution >= 4 is 43.5 Å². The van der Waals surface area contributed by atoms with Gasteiger partial charge in [-0.1, -0.05) is 57.9 Å². The van der Waals surface area contributed by atoms with Crippen molar-refractivity contribution in [2.75, 3.05) is 25.0 Å². The summed E-state index contributed by atoms with van der Waals surface area (Å²) in [5.74, 6) is -0.610. The van der Waals surface area contributed by atoms with Crippen LogP contribution in [0.3, 0.4) is 0 Å². The fourth-order valence-electron chi connectivity index (χ4n) is 3.76. The molecule has 0 bridgehead atoms. The van der Waals surface area contributed by atoms with E-state index in [0.29, 0.717) is 5.75 Å². The zero-order chi connectivity index (χ0) is 27.2. The highest BCUT2D eigenvalue weighted by Crippen LogP contribution is 2.32. The number of nitrogens with zero attached hydrogens (tertiary/aromatic N) is 2. The number of ether oxygens (including phenoxy) is 1. The van der Waals surface area contributed by atoms with Crippen LogP contribution in [0.4, 0.5) is 5.69 Å². The van der Waals surface area contributed by atoms with Crippen LogP contribution < -0.4 is 14.4 Å². The van der Waals surface area contributed by atoms with E-state index in [2.05, 4.69) is 21.2 Å². The first kappa shape index (κ1) is 28.2. The summed E-state index contributed by atoms with van der Waals surface area (Å²) >= 11 is 3.39. The van der Waals surface area contributed by atoms with E-state index in [4.69, 9.17) is 4.74 Å². The number of para-hydroxylation sites is 2. The summed E-state index contributed by atoms with van der Waals surface area (Å²) in [5.41, 5.74) is 1.91. The van der Waals surface area contributed by atoms with E-state index >= 15 is 0 Å². The molecule has 0 spiro atoms. The second-order valence-electron chi connectivity index (χ2n) is 8.43. The first-order chi connectivity index (χ1) is 17.6. The molecule has 10 heteroatoms. The lowest BCUT2D eigenvalue weighted by Gasteiger charge is -2.32. The molecule has 0 radical (unpaired) electrons. The van der Waals surface area contributed by atoms with Gasteiger partial charge in [0.25, 0.3) is 10.0 Å². The maximum atomic E-state index is 13.8. The lowest BCUT2D eigenvalue weighted by atomic mass is 10.1. The van der Waals surface area contributed by atoms with Crippen LogP contribution in [0, 0.1) is 6.92 Å². The van der Waals surface area contributed by atoms with E-state index in [-0.39, 0.29) is 23.0 Å². The number of hydrogen-bond acceptors (Lipinski definition) is 5. The van der Waals surface area contributed by atoms with Crippen LogP contribution in [0.15, 0.2) is 82.2 Å². The topological polar surface area (TPSA) is 96.0 Å². The highest BCUT2D eigenvalue weighted by molar-refractivity contribution is 9.10. The number of halogens is 1. The van der Waals surface area contributed by atoms with Crippen LogP contribution in [0.25, 0.3) is 0 Å². The Morgan fingerprint density at radius 2 is 1.62 bits per heavy atom. The Kier molecular flexibility index (Phi) is 9.34. The lowest BCUT2D eigenvalue weighted by Crippen LogP contribution is -2.50. The van der Waals surface area contributed by atoms with Gasteiger partial charge >= 0.3 is 0 Å². The minimum atomic E-state index is -4.16. The van der Waals surface area contributed by atoms with Crippen molar-refractivity contribution in [3.63, 3.8) is 0 Å². The standard InChI is InChI=1S/C27H30BrN3O5S/c1-19-9-15-23(16-10-19)37(34,35)31(24-7-5-6-8-25(24)36-4)18-26(32)30(20(2)27(33)29-3)17-21-11-13-22(28)14-12-21/h5-16,20H,17-18H2,1-4H3,(H,29,33)/t20-/m0/s1. The van der Waals surface area contributed by atoms with Crippen LogP contribution in [-0.2, 0) is 26.2 Å². The number of likely N-dealkylation sites (N-methyl/N-ethyl adjacent to an activating group) is 1. The molecule has 0 aliphatic rings. The molecule has 1 N–H and O–H groups in total. The Labute approximate surface area is 226 Å². The first-order valence-electron chi connectivity index (χ1n) is 11.6. The first-order valence-corrected chi connectivity index (χ1v) is 13.8. The average Bonchev–Trinajstić information content (AvgIpc) is 2.90. The number of amides is 2. The molecule has 0 aliphatic heterocycles. The molecule has 8 nitrogen and oxygen atoms in total. The molecule has 37 heavy (non-hydrogen) atoms. The van der Waals surface area contributed by atoms with Crippen molar-refractivity contribution < 1.29 is 22.7 Å². The van der Waals surface area contributed by atoms with Gasteiger partial charge in [-0.15, -0.1) is 0 Å². The Morgan fingerprint density at radius 3 is 2.22 bits per heavy atom. The predicted molar refractivity (Wildman–Crippen MR) is 147 cm³/mol. The fraction of sp³-hybridized carbons (Fsp3) is 0.259. The molecule has 3 rings (SSSR count). The summed E-state index contributed by atoms with van der Waals surface area (Å²) in [6.07, 6.45) is 0. The summed E-state index contributed by atoms with van der Waals surface area (Å²) in [7, 11) is -1.24. The van der Waals surface area contributed by atoms with Crippen molar-refractivity contribution in [2.24, 2.45) is 0 Å². The Hall–Kier alpha value is -3.37. The number of hydrogen-bond donors (Lipinski definition) is 1. The quantitative estimate of drug-likeness (QED) is 0.385. The zero-order valence-electron chi connectivity index (χ0n) is 21.1. The highest BCUT2D eigenvalue weighted by Gasteiger charge is 2.33. The average molecular weight is 589 g/mol. The smallest absolute Gasteiger partial charge is 0.264 e. The molecule has 3 aromatic rings. The van der Waals surface area contributed by atoms with Crippen molar-refractivity contribution in [3.8, 4) is 5.75 Å². The van der Waals surface area contributed by atoms with Gasteiger partial charge in [0.15, 0.2) is 0 Å². The summed E-state index contributed by atoms with van der Waals surface area (Å²) in [6.45, 7) is 3.05. The van der Waals surface area contributed by atoms with Gasteiger partial charge in [-0.25, -0.2) is 8.42 Å². The lowest BCUT2D eigenvalue weighted by molar-refractivity contribution is -0.139. The van der Waals surface area contributed by atoms with Gasteiger partial charge in [-0.2, -0.15) is 0 Å². The molecule has 1 atom stereocenters. The number of anilines is 1. The Morgan fingerprint density at radius 1 is 1.00 bits per heavy atom. The molecule has 0 fully saturated rings. The number of carbonyl (C=O) groups is 2. The number of benzene rings is 3. The molecule has 2 amide bonds. The maximum absolute atomic E-state index is 13.8. The van der Waals surface area contributed by atoms with E-state index in [9.17, 15) is 18.0 Å². The summed E-state index contributed by atoms with van der Waals surface area (Å²) in [6, 6.07) is 19.5. The fourth-order valence-corrected chi connectivity index (χ4v) is 5.45. The monoisotopic (exact) mass is 587 g/mol. The third-order valence-corrected chi connectivity index (χ3v) is 8.22. The summed E-state index contributed by atoms with van der Waals surface area (Å²) in [4.78, 5) is 27.7. The minimum Gasteiger partial charge on any atom is -0.495 e.